The summed E-state index contributed by atoms with van der Waals surface area (Å²) in [6.45, 7) is 0. The SMILES string of the molecule is COc1ccc(NC(=S)NC2(c3ccc(OC)c(OC)c3)CCCC2)cn1. The third-order valence-electron chi connectivity index (χ3n) is 4.95. The van der Waals surface area contributed by atoms with E-state index in [1.54, 1.807) is 33.6 Å². The van der Waals surface area contributed by atoms with Gasteiger partial charge < -0.3 is 24.8 Å². The molecule has 2 N–H and O–H groups in total. The smallest absolute Gasteiger partial charge is 0.213 e. The van der Waals surface area contributed by atoms with E-state index in [2.05, 4.69) is 21.7 Å². The van der Waals surface area contributed by atoms with Crippen LogP contribution >= 0.6 is 12.2 Å². The van der Waals surface area contributed by atoms with Crippen molar-refractivity contribution in [2.45, 2.75) is 31.2 Å². The molecule has 0 aliphatic heterocycles. The van der Waals surface area contributed by atoms with E-state index in [0.717, 1.165) is 48.4 Å². The van der Waals surface area contributed by atoms with E-state index in [1.807, 2.05) is 18.2 Å². The quantitative estimate of drug-likeness (QED) is 0.730. The predicted octanol–water partition coefficient (Wildman–Crippen LogP) is 3.86. The lowest BCUT2D eigenvalue weighted by Gasteiger charge is -2.33. The highest BCUT2D eigenvalue weighted by molar-refractivity contribution is 7.80. The van der Waals surface area contributed by atoms with Crippen LogP contribution in [0, 0.1) is 0 Å². The van der Waals surface area contributed by atoms with Gasteiger partial charge in [0.15, 0.2) is 16.6 Å². The highest BCUT2D eigenvalue weighted by Gasteiger charge is 2.37. The third kappa shape index (κ3) is 4.24. The number of hydrogen-bond donors (Lipinski definition) is 2. The molecule has 1 aromatic heterocycles. The molecule has 27 heavy (non-hydrogen) atoms. The van der Waals surface area contributed by atoms with Crippen LogP contribution in [0.5, 0.6) is 17.4 Å². The number of hydrogen-bond acceptors (Lipinski definition) is 5. The number of pyridine rings is 1. The third-order valence-corrected chi connectivity index (χ3v) is 5.15. The molecule has 1 fully saturated rings. The molecule has 144 valence electrons. The molecule has 1 heterocycles. The molecule has 0 saturated heterocycles. The van der Waals surface area contributed by atoms with Gasteiger partial charge in [0, 0.05) is 6.07 Å². The zero-order chi connectivity index (χ0) is 19.3. The van der Waals surface area contributed by atoms with Crippen LogP contribution in [0.15, 0.2) is 36.5 Å². The van der Waals surface area contributed by atoms with Gasteiger partial charge in [-0.15, -0.1) is 0 Å². The first-order valence-electron chi connectivity index (χ1n) is 8.92. The van der Waals surface area contributed by atoms with Crippen LogP contribution in [-0.2, 0) is 5.54 Å². The van der Waals surface area contributed by atoms with Gasteiger partial charge in [-0.25, -0.2) is 4.98 Å². The second kappa shape index (κ2) is 8.43. The summed E-state index contributed by atoms with van der Waals surface area (Å²) < 4.78 is 15.9. The summed E-state index contributed by atoms with van der Waals surface area (Å²) >= 11 is 5.58. The molecule has 0 spiro atoms. The average Bonchev–Trinajstić information content (AvgIpc) is 3.17. The lowest BCUT2D eigenvalue weighted by molar-refractivity contribution is 0.350. The first kappa shape index (κ1) is 19.2. The molecular formula is C20H25N3O3S. The highest BCUT2D eigenvalue weighted by Crippen LogP contribution is 2.41. The zero-order valence-corrected chi connectivity index (χ0v) is 16.7. The van der Waals surface area contributed by atoms with Crippen molar-refractivity contribution in [1.29, 1.82) is 0 Å². The number of nitrogens with zero attached hydrogens (tertiary/aromatic N) is 1. The van der Waals surface area contributed by atoms with Crippen LogP contribution in [-0.4, -0.2) is 31.4 Å². The van der Waals surface area contributed by atoms with Gasteiger partial charge in [-0.05, 0) is 48.8 Å². The first-order chi connectivity index (χ1) is 13.1. The van der Waals surface area contributed by atoms with E-state index in [-0.39, 0.29) is 5.54 Å². The summed E-state index contributed by atoms with van der Waals surface area (Å²) in [7, 11) is 4.89. The molecule has 6 nitrogen and oxygen atoms in total. The Hall–Kier alpha value is -2.54. The van der Waals surface area contributed by atoms with Crippen molar-refractivity contribution in [2.24, 2.45) is 0 Å². The van der Waals surface area contributed by atoms with Crippen molar-refractivity contribution in [2.75, 3.05) is 26.6 Å². The fourth-order valence-electron chi connectivity index (χ4n) is 3.55. The number of nitrogens with one attached hydrogen (secondary N) is 2. The summed E-state index contributed by atoms with van der Waals surface area (Å²) in [6, 6.07) is 9.74. The molecule has 0 amide bonds. The van der Waals surface area contributed by atoms with Crippen molar-refractivity contribution >= 4 is 23.0 Å². The lowest BCUT2D eigenvalue weighted by atomic mass is 9.88. The van der Waals surface area contributed by atoms with Gasteiger partial charge in [0.25, 0.3) is 0 Å². The molecule has 1 aliphatic rings. The van der Waals surface area contributed by atoms with E-state index >= 15 is 0 Å². The minimum absolute atomic E-state index is 0.219. The van der Waals surface area contributed by atoms with Crippen LogP contribution in [0.2, 0.25) is 0 Å². The van der Waals surface area contributed by atoms with E-state index < -0.39 is 0 Å². The lowest BCUT2D eigenvalue weighted by Crippen LogP contribution is -2.45. The fourth-order valence-corrected chi connectivity index (χ4v) is 3.87. The van der Waals surface area contributed by atoms with Gasteiger partial charge in [0.2, 0.25) is 5.88 Å². The van der Waals surface area contributed by atoms with Gasteiger partial charge >= 0.3 is 0 Å². The number of anilines is 1. The monoisotopic (exact) mass is 387 g/mol. The van der Waals surface area contributed by atoms with Gasteiger partial charge in [-0.1, -0.05) is 18.9 Å². The van der Waals surface area contributed by atoms with E-state index in [1.165, 1.54) is 0 Å². The Labute approximate surface area is 165 Å². The average molecular weight is 388 g/mol. The number of thiocarbonyl (C=S) groups is 1. The summed E-state index contributed by atoms with van der Waals surface area (Å²) in [6.07, 6.45) is 6.00. The summed E-state index contributed by atoms with van der Waals surface area (Å²) in [5.74, 6) is 2.01. The molecule has 1 saturated carbocycles. The number of rotatable bonds is 6. The Balaban J connectivity index is 1.79. The Morgan fingerprint density at radius 3 is 2.33 bits per heavy atom. The molecule has 0 atom stereocenters. The molecule has 7 heteroatoms. The predicted molar refractivity (Wildman–Crippen MR) is 110 cm³/mol. The van der Waals surface area contributed by atoms with Crippen molar-refractivity contribution in [1.82, 2.24) is 10.3 Å². The normalized spacial score (nSPS) is 15.1. The van der Waals surface area contributed by atoms with Crippen molar-refractivity contribution in [3.8, 4) is 17.4 Å². The Morgan fingerprint density at radius 2 is 1.74 bits per heavy atom. The molecular weight excluding hydrogens is 362 g/mol. The number of benzene rings is 1. The van der Waals surface area contributed by atoms with Crippen LogP contribution in [0.1, 0.15) is 31.2 Å². The molecule has 1 aliphatic carbocycles. The molecule has 0 unspecified atom stereocenters. The van der Waals surface area contributed by atoms with Crippen LogP contribution in [0.4, 0.5) is 5.69 Å². The summed E-state index contributed by atoms with van der Waals surface area (Å²) in [4.78, 5) is 4.20. The molecule has 2 aromatic rings. The van der Waals surface area contributed by atoms with Gasteiger partial charge in [-0.2, -0.15) is 0 Å². The Morgan fingerprint density at radius 1 is 1.00 bits per heavy atom. The first-order valence-corrected chi connectivity index (χ1v) is 9.33. The molecule has 3 rings (SSSR count). The maximum Gasteiger partial charge on any atom is 0.213 e. The van der Waals surface area contributed by atoms with E-state index in [0.29, 0.717) is 11.0 Å². The number of methoxy groups -OCH3 is 3. The Kier molecular flexibility index (Phi) is 6.01. The van der Waals surface area contributed by atoms with Gasteiger partial charge in [0.05, 0.1) is 38.8 Å². The van der Waals surface area contributed by atoms with Crippen LogP contribution in [0.25, 0.3) is 0 Å². The van der Waals surface area contributed by atoms with E-state index in [9.17, 15) is 0 Å². The van der Waals surface area contributed by atoms with Crippen LogP contribution in [0.3, 0.4) is 0 Å². The number of aromatic nitrogens is 1. The topological polar surface area (TPSA) is 64.6 Å². The molecule has 1 aromatic carbocycles. The standard InChI is InChI=1S/C20H25N3O3S/c1-24-16-8-6-14(12-17(16)25-2)20(10-4-5-11-20)23-19(27)22-15-7-9-18(26-3)21-13-15/h6-9,12-13H,4-5,10-11H2,1-3H3,(H2,22,23,27). The molecule has 0 bridgehead atoms. The maximum absolute atomic E-state index is 5.58. The minimum Gasteiger partial charge on any atom is -0.493 e. The van der Waals surface area contributed by atoms with E-state index in [4.69, 9.17) is 26.4 Å². The largest absolute Gasteiger partial charge is 0.493 e. The zero-order valence-electron chi connectivity index (χ0n) is 15.9. The van der Waals surface area contributed by atoms with Gasteiger partial charge in [-0.3, -0.25) is 0 Å². The van der Waals surface area contributed by atoms with Crippen molar-refractivity contribution in [3.63, 3.8) is 0 Å². The fraction of sp³-hybridized carbons (Fsp3) is 0.400. The second-order valence-corrected chi connectivity index (χ2v) is 6.94. The summed E-state index contributed by atoms with van der Waals surface area (Å²) in [5.41, 5.74) is 1.74. The second-order valence-electron chi connectivity index (χ2n) is 6.53. The van der Waals surface area contributed by atoms with Crippen LogP contribution < -0.4 is 24.8 Å². The van der Waals surface area contributed by atoms with Crippen molar-refractivity contribution < 1.29 is 14.2 Å². The maximum atomic E-state index is 5.58. The highest BCUT2D eigenvalue weighted by atomic mass is 32.1. The Bertz CT molecular complexity index is 790. The number of ether oxygens (including phenoxy) is 3. The van der Waals surface area contributed by atoms with Gasteiger partial charge in [0.1, 0.15) is 0 Å². The molecule has 0 radical (unpaired) electrons. The van der Waals surface area contributed by atoms with Crippen molar-refractivity contribution in [3.05, 3.63) is 42.1 Å². The minimum atomic E-state index is -0.219. The summed E-state index contributed by atoms with van der Waals surface area (Å²) in [5, 5.41) is 7.32.